The Balaban J connectivity index is 2.27. The Kier molecular flexibility index (Phi) is 3.60. The van der Waals surface area contributed by atoms with E-state index in [1.807, 2.05) is 6.07 Å². The molecule has 1 aliphatic heterocycles. The molecule has 1 aromatic rings. The van der Waals surface area contributed by atoms with Gasteiger partial charge in [0, 0.05) is 25.3 Å². The predicted octanol–water partition coefficient (Wildman–Crippen LogP) is 1.52. The van der Waals surface area contributed by atoms with Gasteiger partial charge in [0.05, 0.1) is 11.6 Å². The Bertz CT molecular complexity index is 424. The quantitative estimate of drug-likeness (QED) is 0.836. The molecule has 0 radical (unpaired) electrons. The molecule has 0 aliphatic carbocycles. The van der Waals surface area contributed by atoms with Crippen LogP contribution in [0.5, 0.6) is 0 Å². The number of pyridine rings is 1. The fourth-order valence-electron chi connectivity index (χ4n) is 2.54. The lowest BCUT2D eigenvalue weighted by atomic mass is 9.91. The van der Waals surface area contributed by atoms with Crippen LogP contribution in [-0.2, 0) is 0 Å². The second-order valence-electron chi connectivity index (χ2n) is 4.63. The topological polar surface area (TPSA) is 65.9 Å². The van der Waals surface area contributed by atoms with Crippen LogP contribution < -0.4 is 10.6 Å². The largest absolute Gasteiger partial charge is 0.352 e. The molecule has 1 aromatic heterocycles. The zero-order valence-corrected chi connectivity index (χ0v) is 10.1. The average molecular weight is 230 g/mol. The molecular formula is C13H18N4. The van der Waals surface area contributed by atoms with Crippen molar-refractivity contribution in [2.75, 3.05) is 18.0 Å². The highest BCUT2D eigenvalue weighted by molar-refractivity contribution is 5.46. The normalized spacial score (nSPS) is 24.4. The van der Waals surface area contributed by atoms with Crippen LogP contribution in [0.15, 0.2) is 18.3 Å². The van der Waals surface area contributed by atoms with Crippen molar-refractivity contribution in [2.24, 2.45) is 11.7 Å². The van der Waals surface area contributed by atoms with E-state index in [0.717, 1.165) is 18.8 Å². The van der Waals surface area contributed by atoms with Gasteiger partial charge in [-0.15, -0.1) is 0 Å². The molecule has 90 valence electrons. The Labute approximate surface area is 102 Å². The molecule has 2 unspecified atom stereocenters. The van der Waals surface area contributed by atoms with E-state index in [-0.39, 0.29) is 0 Å². The minimum atomic E-state index is 0.338. The highest BCUT2D eigenvalue weighted by Crippen LogP contribution is 2.27. The number of hydrogen-bond donors (Lipinski definition) is 1. The first-order valence-electron chi connectivity index (χ1n) is 6.09. The molecule has 2 N–H and O–H groups in total. The van der Waals surface area contributed by atoms with Gasteiger partial charge in [0.15, 0.2) is 0 Å². The molecule has 0 bridgehead atoms. The zero-order chi connectivity index (χ0) is 12.3. The van der Waals surface area contributed by atoms with Crippen molar-refractivity contribution < 1.29 is 0 Å². The lowest BCUT2D eigenvalue weighted by Crippen LogP contribution is -2.49. The third kappa shape index (κ3) is 2.40. The van der Waals surface area contributed by atoms with Crippen LogP contribution in [0.3, 0.4) is 0 Å². The maximum Gasteiger partial charge on any atom is 0.130 e. The van der Waals surface area contributed by atoms with Crippen molar-refractivity contribution in [1.29, 1.82) is 5.26 Å². The van der Waals surface area contributed by atoms with Gasteiger partial charge in [-0.3, -0.25) is 0 Å². The second-order valence-corrected chi connectivity index (χ2v) is 4.63. The van der Waals surface area contributed by atoms with Crippen LogP contribution in [0.1, 0.15) is 25.3 Å². The third-order valence-corrected chi connectivity index (χ3v) is 3.53. The molecule has 2 heterocycles. The molecule has 0 aromatic carbocycles. The summed E-state index contributed by atoms with van der Waals surface area (Å²) in [5.74, 6) is 1.47. The maximum absolute atomic E-state index is 8.91. The number of nitrogens with two attached hydrogens (primary N) is 1. The summed E-state index contributed by atoms with van der Waals surface area (Å²) >= 11 is 0. The van der Waals surface area contributed by atoms with Gasteiger partial charge in [0.1, 0.15) is 5.82 Å². The number of nitriles is 1. The molecular weight excluding hydrogens is 212 g/mol. The minimum Gasteiger partial charge on any atom is -0.352 e. The Morgan fingerprint density at radius 1 is 1.65 bits per heavy atom. The van der Waals surface area contributed by atoms with Gasteiger partial charge >= 0.3 is 0 Å². The molecule has 2 atom stereocenters. The van der Waals surface area contributed by atoms with E-state index < -0.39 is 0 Å². The molecule has 0 amide bonds. The summed E-state index contributed by atoms with van der Waals surface area (Å²) in [7, 11) is 0. The smallest absolute Gasteiger partial charge is 0.130 e. The van der Waals surface area contributed by atoms with Gasteiger partial charge in [-0.05, 0) is 30.9 Å². The van der Waals surface area contributed by atoms with Crippen molar-refractivity contribution in [3.05, 3.63) is 23.9 Å². The van der Waals surface area contributed by atoms with Crippen molar-refractivity contribution in [3.63, 3.8) is 0 Å². The average Bonchev–Trinajstić information content (AvgIpc) is 2.38. The molecule has 17 heavy (non-hydrogen) atoms. The van der Waals surface area contributed by atoms with Gasteiger partial charge in [-0.1, -0.05) is 6.92 Å². The van der Waals surface area contributed by atoms with E-state index in [9.17, 15) is 0 Å². The van der Waals surface area contributed by atoms with E-state index in [4.69, 9.17) is 11.0 Å². The molecule has 0 spiro atoms. The number of anilines is 1. The fourth-order valence-corrected chi connectivity index (χ4v) is 2.54. The number of aromatic nitrogens is 1. The highest BCUT2D eigenvalue weighted by atomic mass is 15.2. The van der Waals surface area contributed by atoms with Crippen molar-refractivity contribution in [1.82, 2.24) is 4.98 Å². The second kappa shape index (κ2) is 5.15. The molecule has 2 rings (SSSR count). The summed E-state index contributed by atoms with van der Waals surface area (Å²) in [4.78, 5) is 6.61. The third-order valence-electron chi connectivity index (χ3n) is 3.53. The summed E-state index contributed by atoms with van der Waals surface area (Å²) < 4.78 is 0. The Hall–Kier alpha value is -1.60. The van der Waals surface area contributed by atoms with Gasteiger partial charge < -0.3 is 10.6 Å². The number of piperidine rings is 1. The molecule has 4 heteroatoms. The SMILES string of the molecule is CC1CCCN(c2cc(C#N)ccn2)C1CN. The van der Waals surface area contributed by atoms with Crippen LogP contribution >= 0.6 is 0 Å². The van der Waals surface area contributed by atoms with Gasteiger partial charge in [0.25, 0.3) is 0 Å². The summed E-state index contributed by atoms with van der Waals surface area (Å²) in [6.07, 6.45) is 4.08. The molecule has 1 aliphatic rings. The molecule has 1 saturated heterocycles. The zero-order valence-electron chi connectivity index (χ0n) is 10.1. The maximum atomic E-state index is 8.91. The number of nitrogens with zero attached hydrogens (tertiary/aromatic N) is 3. The highest BCUT2D eigenvalue weighted by Gasteiger charge is 2.28. The lowest BCUT2D eigenvalue weighted by molar-refractivity contribution is 0.348. The Morgan fingerprint density at radius 3 is 3.18 bits per heavy atom. The van der Waals surface area contributed by atoms with Crippen molar-refractivity contribution in [3.8, 4) is 6.07 Å². The predicted molar refractivity (Wildman–Crippen MR) is 67.5 cm³/mol. The van der Waals surface area contributed by atoms with E-state index >= 15 is 0 Å². The van der Waals surface area contributed by atoms with Crippen LogP contribution in [0, 0.1) is 17.2 Å². The monoisotopic (exact) mass is 230 g/mol. The van der Waals surface area contributed by atoms with E-state index in [2.05, 4.69) is 22.9 Å². The van der Waals surface area contributed by atoms with Crippen LogP contribution in [0.25, 0.3) is 0 Å². The molecule has 0 saturated carbocycles. The summed E-state index contributed by atoms with van der Waals surface area (Å²) in [5.41, 5.74) is 6.51. The van der Waals surface area contributed by atoms with E-state index in [0.29, 0.717) is 24.1 Å². The van der Waals surface area contributed by atoms with Crippen molar-refractivity contribution >= 4 is 5.82 Å². The van der Waals surface area contributed by atoms with E-state index in [1.165, 1.54) is 6.42 Å². The first kappa shape index (κ1) is 11.9. The Morgan fingerprint density at radius 2 is 2.47 bits per heavy atom. The summed E-state index contributed by atoms with van der Waals surface area (Å²) in [6.45, 7) is 3.85. The minimum absolute atomic E-state index is 0.338. The first-order valence-corrected chi connectivity index (χ1v) is 6.09. The van der Waals surface area contributed by atoms with Crippen molar-refractivity contribution in [2.45, 2.75) is 25.8 Å². The van der Waals surface area contributed by atoms with Crippen LogP contribution in [-0.4, -0.2) is 24.1 Å². The fraction of sp³-hybridized carbons (Fsp3) is 0.538. The van der Waals surface area contributed by atoms with Gasteiger partial charge in [-0.2, -0.15) is 5.26 Å². The first-order chi connectivity index (χ1) is 8.26. The standard InChI is InChI=1S/C13H18N4/c1-10-3-2-6-17(12(10)9-15)13-7-11(8-14)4-5-16-13/h4-5,7,10,12H,2-3,6,9,15H2,1H3. The summed E-state index contributed by atoms with van der Waals surface area (Å²) in [6, 6.07) is 6.07. The molecule has 1 fully saturated rings. The van der Waals surface area contributed by atoms with E-state index in [1.54, 1.807) is 12.3 Å². The number of rotatable bonds is 2. The van der Waals surface area contributed by atoms with Gasteiger partial charge in [-0.25, -0.2) is 4.98 Å². The number of hydrogen-bond acceptors (Lipinski definition) is 4. The van der Waals surface area contributed by atoms with Gasteiger partial charge in [0.2, 0.25) is 0 Å². The molecule has 4 nitrogen and oxygen atoms in total. The van der Waals surface area contributed by atoms with Crippen LogP contribution in [0.2, 0.25) is 0 Å². The summed E-state index contributed by atoms with van der Waals surface area (Å²) in [5, 5.41) is 8.91. The van der Waals surface area contributed by atoms with Crippen LogP contribution in [0.4, 0.5) is 5.82 Å². The lowest BCUT2D eigenvalue weighted by Gasteiger charge is -2.40.